The van der Waals surface area contributed by atoms with Crippen LogP contribution in [0.3, 0.4) is 0 Å². The summed E-state index contributed by atoms with van der Waals surface area (Å²) < 4.78 is 43.2. The minimum Gasteiger partial charge on any atom is -0.439 e. The zero-order chi connectivity index (χ0) is 14.4. The molecule has 1 atom stereocenters. The van der Waals surface area contributed by atoms with E-state index in [4.69, 9.17) is 10.2 Å². The van der Waals surface area contributed by atoms with Gasteiger partial charge in [-0.15, -0.1) is 0 Å². The molecule has 2 rings (SSSR count). The van der Waals surface area contributed by atoms with E-state index in [2.05, 4.69) is 4.98 Å². The van der Waals surface area contributed by atoms with Crippen molar-refractivity contribution in [2.75, 3.05) is 0 Å². The maximum Gasteiger partial charge on any atom is 0.416 e. The van der Waals surface area contributed by atoms with Crippen molar-refractivity contribution in [2.45, 2.75) is 33.0 Å². The molecule has 1 unspecified atom stereocenters. The average molecular weight is 272 g/mol. The molecule has 0 fully saturated rings. The molecule has 0 spiro atoms. The molecule has 104 valence electrons. The minimum atomic E-state index is -4.39. The number of nitrogens with zero attached hydrogens (tertiary/aromatic N) is 1. The second-order valence-corrected chi connectivity index (χ2v) is 5.58. The van der Waals surface area contributed by atoms with Crippen LogP contribution in [0.25, 0.3) is 11.1 Å². The van der Waals surface area contributed by atoms with Crippen LogP contribution in [0.1, 0.15) is 38.3 Å². The van der Waals surface area contributed by atoms with Crippen LogP contribution in [0.2, 0.25) is 0 Å². The molecule has 0 amide bonds. The van der Waals surface area contributed by atoms with Gasteiger partial charge in [0.05, 0.1) is 11.6 Å². The Kier molecular flexibility index (Phi) is 3.09. The smallest absolute Gasteiger partial charge is 0.416 e. The van der Waals surface area contributed by atoms with Crippen LogP contribution in [-0.2, 0) is 6.18 Å². The van der Waals surface area contributed by atoms with Crippen LogP contribution in [0.15, 0.2) is 22.6 Å². The van der Waals surface area contributed by atoms with Gasteiger partial charge in [-0.3, -0.25) is 0 Å². The normalized spacial score (nSPS) is 14.9. The lowest BCUT2D eigenvalue weighted by Crippen LogP contribution is -2.26. The molecule has 0 aliphatic heterocycles. The number of oxazole rings is 1. The van der Waals surface area contributed by atoms with Crippen molar-refractivity contribution in [2.24, 2.45) is 11.1 Å². The molecule has 1 aromatic carbocycles. The molecular weight excluding hydrogens is 257 g/mol. The maximum absolute atomic E-state index is 12.6. The van der Waals surface area contributed by atoms with Crippen LogP contribution in [-0.4, -0.2) is 4.98 Å². The van der Waals surface area contributed by atoms with Crippen LogP contribution < -0.4 is 5.73 Å². The summed E-state index contributed by atoms with van der Waals surface area (Å²) in [4.78, 5) is 4.06. The first-order valence-corrected chi connectivity index (χ1v) is 5.82. The van der Waals surface area contributed by atoms with E-state index in [-0.39, 0.29) is 16.8 Å². The van der Waals surface area contributed by atoms with Gasteiger partial charge >= 0.3 is 6.18 Å². The van der Waals surface area contributed by atoms with Gasteiger partial charge in [0.15, 0.2) is 5.58 Å². The third-order valence-electron chi connectivity index (χ3n) is 2.93. The molecule has 1 heterocycles. The number of nitrogens with two attached hydrogens (primary N) is 1. The number of halogens is 3. The number of aromatic nitrogens is 1. The van der Waals surface area contributed by atoms with Gasteiger partial charge in [0.2, 0.25) is 5.89 Å². The minimum absolute atomic E-state index is 0.171. The first-order chi connectivity index (χ1) is 8.59. The molecule has 2 aromatic rings. The fraction of sp³-hybridized carbons (Fsp3) is 0.462. The molecular formula is C13H15F3N2O. The number of benzene rings is 1. The largest absolute Gasteiger partial charge is 0.439 e. The van der Waals surface area contributed by atoms with E-state index in [1.54, 1.807) is 0 Å². The molecule has 0 aliphatic carbocycles. The summed E-state index contributed by atoms with van der Waals surface area (Å²) in [7, 11) is 0. The lowest BCUT2D eigenvalue weighted by atomic mass is 9.87. The standard InChI is InChI=1S/C13H15F3N2O/c1-12(2,3)10(17)11-18-8-6-7(13(14,15)16)4-5-9(8)19-11/h4-6,10H,17H2,1-3H3. The zero-order valence-electron chi connectivity index (χ0n) is 10.9. The van der Waals surface area contributed by atoms with Gasteiger partial charge < -0.3 is 10.2 Å². The van der Waals surface area contributed by atoms with E-state index in [0.29, 0.717) is 5.58 Å². The quantitative estimate of drug-likeness (QED) is 0.856. The Morgan fingerprint density at radius 3 is 2.37 bits per heavy atom. The summed E-state index contributed by atoms with van der Waals surface area (Å²) >= 11 is 0. The van der Waals surface area contributed by atoms with Gasteiger partial charge in [0.25, 0.3) is 0 Å². The molecule has 0 saturated carbocycles. The van der Waals surface area contributed by atoms with E-state index in [1.807, 2.05) is 20.8 Å². The Hall–Kier alpha value is -1.56. The topological polar surface area (TPSA) is 52.0 Å². The van der Waals surface area contributed by atoms with Crippen LogP contribution >= 0.6 is 0 Å². The fourth-order valence-electron chi connectivity index (χ4n) is 1.63. The van der Waals surface area contributed by atoms with Gasteiger partial charge in [0, 0.05) is 0 Å². The summed E-state index contributed by atoms with van der Waals surface area (Å²) in [6.07, 6.45) is -4.39. The van der Waals surface area contributed by atoms with Crippen molar-refractivity contribution in [1.29, 1.82) is 0 Å². The molecule has 1 aromatic heterocycles. The summed E-state index contributed by atoms with van der Waals surface area (Å²) in [5.74, 6) is 0.252. The van der Waals surface area contributed by atoms with Gasteiger partial charge in [-0.1, -0.05) is 20.8 Å². The number of hydrogen-bond acceptors (Lipinski definition) is 3. The Morgan fingerprint density at radius 1 is 1.21 bits per heavy atom. The molecule has 3 nitrogen and oxygen atoms in total. The Labute approximate surface area is 108 Å². The molecule has 0 saturated heterocycles. The van der Waals surface area contributed by atoms with Crippen LogP contribution in [0.5, 0.6) is 0 Å². The second-order valence-electron chi connectivity index (χ2n) is 5.58. The highest BCUT2D eigenvalue weighted by Gasteiger charge is 2.32. The highest BCUT2D eigenvalue weighted by atomic mass is 19.4. The van der Waals surface area contributed by atoms with Gasteiger partial charge in [-0.2, -0.15) is 13.2 Å². The monoisotopic (exact) mass is 272 g/mol. The SMILES string of the molecule is CC(C)(C)C(N)c1nc2cc(C(F)(F)F)ccc2o1. The van der Waals surface area contributed by atoms with Crippen molar-refractivity contribution >= 4 is 11.1 Å². The fourth-order valence-corrected chi connectivity index (χ4v) is 1.63. The van der Waals surface area contributed by atoms with Crippen molar-refractivity contribution in [1.82, 2.24) is 4.98 Å². The highest BCUT2D eigenvalue weighted by Crippen LogP contribution is 2.34. The van der Waals surface area contributed by atoms with Crippen molar-refractivity contribution in [3.8, 4) is 0 Å². The summed E-state index contributed by atoms with van der Waals surface area (Å²) in [6.45, 7) is 5.73. The Balaban J connectivity index is 2.47. The second kappa shape index (κ2) is 4.23. The first-order valence-electron chi connectivity index (χ1n) is 5.82. The van der Waals surface area contributed by atoms with Crippen LogP contribution in [0, 0.1) is 5.41 Å². The number of rotatable bonds is 1. The van der Waals surface area contributed by atoms with Crippen molar-refractivity contribution in [3.63, 3.8) is 0 Å². The molecule has 0 bridgehead atoms. The van der Waals surface area contributed by atoms with Gasteiger partial charge in [-0.25, -0.2) is 4.98 Å². The molecule has 6 heteroatoms. The summed E-state index contributed by atoms with van der Waals surface area (Å²) in [5.41, 5.74) is 5.43. The number of hydrogen-bond donors (Lipinski definition) is 1. The van der Waals surface area contributed by atoms with E-state index in [0.717, 1.165) is 12.1 Å². The molecule has 2 N–H and O–H groups in total. The number of alkyl halides is 3. The Bertz CT molecular complexity index is 596. The lowest BCUT2D eigenvalue weighted by Gasteiger charge is -2.23. The van der Waals surface area contributed by atoms with E-state index in [9.17, 15) is 13.2 Å². The van der Waals surface area contributed by atoms with Gasteiger partial charge in [-0.05, 0) is 23.6 Å². The van der Waals surface area contributed by atoms with Crippen LogP contribution in [0.4, 0.5) is 13.2 Å². The molecule has 0 aliphatic rings. The van der Waals surface area contributed by atoms with E-state index in [1.165, 1.54) is 6.07 Å². The lowest BCUT2D eigenvalue weighted by molar-refractivity contribution is -0.137. The van der Waals surface area contributed by atoms with Crippen molar-refractivity contribution < 1.29 is 17.6 Å². The van der Waals surface area contributed by atoms with Crippen molar-refractivity contribution in [3.05, 3.63) is 29.7 Å². The number of fused-ring (bicyclic) bond motifs is 1. The zero-order valence-corrected chi connectivity index (χ0v) is 10.9. The average Bonchev–Trinajstić information content (AvgIpc) is 2.67. The molecule has 0 radical (unpaired) electrons. The summed E-state index contributed by atoms with van der Waals surface area (Å²) in [6, 6.07) is 2.73. The maximum atomic E-state index is 12.6. The predicted molar refractivity (Wildman–Crippen MR) is 65.4 cm³/mol. The third-order valence-corrected chi connectivity index (χ3v) is 2.93. The first kappa shape index (κ1) is 13.9. The summed E-state index contributed by atoms with van der Waals surface area (Å²) in [5, 5.41) is 0. The van der Waals surface area contributed by atoms with E-state index >= 15 is 0 Å². The Morgan fingerprint density at radius 2 is 1.84 bits per heavy atom. The molecule has 19 heavy (non-hydrogen) atoms. The van der Waals surface area contributed by atoms with Gasteiger partial charge in [0.1, 0.15) is 5.52 Å². The van der Waals surface area contributed by atoms with E-state index < -0.39 is 17.8 Å². The predicted octanol–water partition coefficient (Wildman–Crippen LogP) is 3.89. The highest BCUT2D eigenvalue weighted by molar-refractivity contribution is 5.73. The third kappa shape index (κ3) is 2.73.